The van der Waals surface area contributed by atoms with Crippen LogP contribution in [0.2, 0.25) is 0 Å². The van der Waals surface area contributed by atoms with E-state index in [0.29, 0.717) is 25.9 Å². The number of amides is 2. The van der Waals surface area contributed by atoms with Gasteiger partial charge in [0, 0.05) is 6.54 Å². The summed E-state index contributed by atoms with van der Waals surface area (Å²) >= 11 is 0. The molecule has 2 amide bonds. The van der Waals surface area contributed by atoms with Crippen LogP contribution in [0.15, 0.2) is 0 Å². The van der Waals surface area contributed by atoms with Crippen LogP contribution < -0.4 is 33.6 Å². The summed E-state index contributed by atoms with van der Waals surface area (Å²) in [6, 6.07) is -1.12. The minimum Gasteiger partial charge on any atom is -0.353 e. The molecule has 2 atom stereocenters. The fourth-order valence-corrected chi connectivity index (χ4v) is 1.87. The van der Waals surface area contributed by atoms with Crippen LogP contribution in [-0.4, -0.2) is 50.1 Å². The smallest absolute Gasteiger partial charge is 0.258 e. The minimum atomic E-state index is -0.583. The van der Waals surface area contributed by atoms with Crippen molar-refractivity contribution in [3.8, 4) is 0 Å². The highest BCUT2D eigenvalue weighted by Gasteiger charge is 2.15. The summed E-state index contributed by atoms with van der Waals surface area (Å²) in [4.78, 5) is 23.3. The van der Waals surface area contributed by atoms with Gasteiger partial charge in [0.15, 0.2) is 0 Å². The van der Waals surface area contributed by atoms with Crippen LogP contribution >= 0.6 is 0 Å². The summed E-state index contributed by atoms with van der Waals surface area (Å²) in [5.74, 6) is -0.564. The van der Waals surface area contributed by atoms with Crippen molar-refractivity contribution >= 4 is 11.8 Å². The minimum absolute atomic E-state index is 0.213. The molecule has 0 unspecified atom stereocenters. The van der Waals surface area contributed by atoms with Crippen LogP contribution in [0, 0.1) is 0 Å². The highest BCUT2D eigenvalue weighted by molar-refractivity contribution is 5.82. The molecule has 0 aromatic heterocycles. The number of carbonyl (C=O) groups excluding carboxylic acids is 2. The lowest BCUT2D eigenvalue weighted by molar-refractivity contribution is -0.124. The molecule has 22 heavy (non-hydrogen) atoms. The topological polar surface area (TPSA) is 164 Å². The molecule has 0 saturated carbocycles. The van der Waals surface area contributed by atoms with Crippen LogP contribution in [0.3, 0.4) is 0 Å². The van der Waals surface area contributed by atoms with Crippen LogP contribution in [0.5, 0.6) is 0 Å². The van der Waals surface area contributed by atoms with Crippen molar-refractivity contribution in [1.82, 2.24) is 10.6 Å². The van der Waals surface area contributed by atoms with Gasteiger partial charge in [0.1, 0.15) is 0 Å². The van der Waals surface area contributed by atoms with Gasteiger partial charge >= 0.3 is 0 Å². The molecule has 8 heteroatoms. The first-order valence-electron chi connectivity index (χ1n) is 7.93. The van der Waals surface area contributed by atoms with E-state index in [0.717, 1.165) is 25.7 Å². The Bertz CT molecular complexity index is 284. The Hall–Kier alpha value is -1.22. The fourth-order valence-electron chi connectivity index (χ4n) is 1.87. The summed E-state index contributed by atoms with van der Waals surface area (Å²) < 4.78 is 0. The van der Waals surface area contributed by atoms with Crippen LogP contribution in [0.1, 0.15) is 38.5 Å². The molecule has 0 rings (SSSR count). The standard InChI is InChI=1S/C14H31N6O2/c15-7-3-1-5-11(17)13(21)19-9-10-20-14(22)12(18)6-2-4-8-16/h11-12H,1-10,15-18H2,(H,19,21)/t11-,12-/m0/s1. The first-order chi connectivity index (χ1) is 10.5. The van der Waals surface area contributed by atoms with Gasteiger partial charge < -0.3 is 28.3 Å². The zero-order valence-corrected chi connectivity index (χ0v) is 13.3. The maximum atomic E-state index is 11.7. The lowest BCUT2D eigenvalue weighted by Crippen LogP contribution is -2.44. The molecular weight excluding hydrogens is 284 g/mol. The van der Waals surface area contributed by atoms with Gasteiger partial charge in [-0.15, -0.1) is 0 Å². The molecule has 9 N–H and O–H groups in total. The monoisotopic (exact) mass is 315 g/mol. The van der Waals surface area contributed by atoms with Crippen molar-refractivity contribution < 1.29 is 9.59 Å². The average Bonchev–Trinajstić information content (AvgIpc) is 2.51. The van der Waals surface area contributed by atoms with Gasteiger partial charge in [0.05, 0.1) is 18.6 Å². The van der Waals surface area contributed by atoms with Crippen LogP contribution in [0.4, 0.5) is 0 Å². The van der Waals surface area contributed by atoms with E-state index in [2.05, 4.69) is 10.6 Å². The van der Waals surface area contributed by atoms with Gasteiger partial charge in [-0.1, -0.05) is 12.8 Å². The third-order valence-corrected chi connectivity index (χ3v) is 3.27. The second-order valence-electron chi connectivity index (χ2n) is 5.29. The van der Waals surface area contributed by atoms with Crippen molar-refractivity contribution in [2.24, 2.45) is 22.9 Å². The van der Waals surface area contributed by atoms with E-state index in [9.17, 15) is 9.59 Å². The van der Waals surface area contributed by atoms with Gasteiger partial charge in [0.2, 0.25) is 5.91 Å². The van der Waals surface area contributed by atoms with Gasteiger partial charge in [0.25, 0.3) is 5.91 Å². The number of nitrogens with two attached hydrogens (primary N) is 4. The highest BCUT2D eigenvalue weighted by atomic mass is 16.2. The van der Waals surface area contributed by atoms with Crippen LogP contribution in [-0.2, 0) is 9.59 Å². The van der Waals surface area contributed by atoms with Gasteiger partial charge in [-0.3, -0.25) is 9.59 Å². The van der Waals surface area contributed by atoms with Crippen LogP contribution in [0.25, 0.3) is 0 Å². The molecule has 0 bridgehead atoms. The first-order valence-corrected chi connectivity index (χ1v) is 7.93. The molecule has 0 aliphatic heterocycles. The Kier molecular flexibility index (Phi) is 12.7. The average molecular weight is 315 g/mol. The lowest BCUT2D eigenvalue weighted by atomic mass is 10.1. The number of hydrogen-bond acceptors (Lipinski definition) is 6. The zero-order chi connectivity index (χ0) is 16.8. The largest absolute Gasteiger partial charge is 0.353 e. The first kappa shape index (κ1) is 20.8. The van der Waals surface area contributed by atoms with Gasteiger partial charge in [-0.25, -0.2) is 5.32 Å². The maximum Gasteiger partial charge on any atom is 0.258 e. The number of unbranched alkanes of at least 4 members (excludes halogenated alkanes) is 2. The van der Waals surface area contributed by atoms with E-state index in [-0.39, 0.29) is 24.9 Å². The van der Waals surface area contributed by atoms with Crippen molar-refractivity contribution in [1.29, 1.82) is 0 Å². The van der Waals surface area contributed by atoms with E-state index in [1.165, 1.54) is 0 Å². The predicted octanol–water partition coefficient (Wildman–Crippen LogP) is -1.85. The number of nitrogens with one attached hydrogen (secondary N) is 1. The number of carbonyl (C=O) groups is 2. The molecule has 0 heterocycles. The molecule has 0 fully saturated rings. The van der Waals surface area contributed by atoms with E-state index in [4.69, 9.17) is 22.9 Å². The molecule has 8 nitrogen and oxygen atoms in total. The quantitative estimate of drug-likeness (QED) is 0.250. The summed E-state index contributed by atoms with van der Waals surface area (Å²) in [6.07, 6.45) is 4.52. The second kappa shape index (κ2) is 13.4. The highest BCUT2D eigenvalue weighted by Crippen LogP contribution is 1.99. The van der Waals surface area contributed by atoms with Crippen molar-refractivity contribution in [2.45, 2.75) is 50.6 Å². The molecule has 0 spiro atoms. The van der Waals surface area contributed by atoms with Gasteiger partial charge in [-0.05, 0) is 38.8 Å². The SMILES string of the molecule is NCCCC[C@H](N)C(=O)[N]CCNC(=O)[C@@H](N)CCCCN. The Labute approximate surface area is 132 Å². The molecule has 129 valence electrons. The Balaban J connectivity index is 3.69. The zero-order valence-electron chi connectivity index (χ0n) is 13.3. The summed E-state index contributed by atoms with van der Waals surface area (Å²) in [5.41, 5.74) is 22.2. The number of nitrogens with zero attached hydrogens (tertiary/aromatic N) is 1. The third kappa shape index (κ3) is 10.5. The fraction of sp³-hybridized carbons (Fsp3) is 0.857. The van der Waals surface area contributed by atoms with Gasteiger partial charge in [-0.2, -0.15) is 0 Å². The molecule has 0 aliphatic rings. The Morgan fingerprint density at radius 1 is 0.909 bits per heavy atom. The Morgan fingerprint density at radius 2 is 1.45 bits per heavy atom. The van der Waals surface area contributed by atoms with E-state index < -0.39 is 12.1 Å². The lowest BCUT2D eigenvalue weighted by Gasteiger charge is -2.13. The molecule has 0 aromatic carbocycles. The molecule has 0 saturated heterocycles. The normalized spacial score (nSPS) is 13.5. The van der Waals surface area contributed by atoms with Crippen molar-refractivity contribution in [3.63, 3.8) is 0 Å². The van der Waals surface area contributed by atoms with Crippen molar-refractivity contribution in [3.05, 3.63) is 0 Å². The molecule has 1 radical (unpaired) electrons. The summed E-state index contributed by atoms with van der Waals surface area (Å²) in [6.45, 7) is 1.69. The summed E-state index contributed by atoms with van der Waals surface area (Å²) in [5, 5.41) is 6.50. The number of rotatable bonds is 13. The second-order valence-corrected chi connectivity index (χ2v) is 5.29. The molecule has 0 aliphatic carbocycles. The number of hydrogen-bond donors (Lipinski definition) is 5. The predicted molar refractivity (Wildman–Crippen MR) is 86.8 cm³/mol. The third-order valence-electron chi connectivity index (χ3n) is 3.27. The van der Waals surface area contributed by atoms with Crippen molar-refractivity contribution in [2.75, 3.05) is 26.2 Å². The maximum absolute atomic E-state index is 11.7. The van der Waals surface area contributed by atoms with E-state index >= 15 is 0 Å². The Morgan fingerprint density at radius 3 is 2.00 bits per heavy atom. The van der Waals surface area contributed by atoms with E-state index in [1.807, 2.05) is 0 Å². The van der Waals surface area contributed by atoms with E-state index in [1.54, 1.807) is 0 Å². The molecular formula is C14H31N6O2. The molecule has 0 aromatic rings. The summed E-state index contributed by atoms with van der Waals surface area (Å²) in [7, 11) is 0.